The van der Waals surface area contributed by atoms with Gasteiger partial charge in [-0.3, -0.25) is 4.79 Å². The first-order valence-electron chi connectivity index (χ1n) is 8.72. The Morgan fingerprint density at radius 1 is 1.19 bits per heavy atom. The fraction of sp³-hybridized carbons (Fsp3) is 0.400. The summed E-state index contributed by atoms with van der Waals surface area (Å²) >= 11 is 1.77. The monoisotopic (exact) mass is 372 g/mol. The fourth-order valence-electron chi connectivity index (χ4n) is 2.86. The molecule has 2 amide bonds. The zero-order valence-electron chi connectivity index (χ0n) is 15.4. The molecule has 0 atom stereocenters. The van der Waals surface area contributed by atoms with Gasteiger partial charge in [-0.25, -0.2) is 4.79 Å². The van der Waals surface area contributed by atoms with Gasteiger partial charge < -0.3 is 15.0 Å². The quantitative estimate of drug-likeness (QED) is 0.887. The molecule has 0 fully saturated rings. The van der Waals surface area contributed by atoms with Crippen LogP contribution in [0.25, 0.3) is 0 Å². The first-order valence-corrected chi connectivity index (χ1v) is 9.60. The van der Waals surface area contributed by atoms with Crippen LogP contribution in [-0.4, -0.2) is 29.0 Å². The van der Waals surface area contributed by atoms with E-state index in [2.05, 4.69) is 16.8 Å². The molecule has 138 valence electrons. The van der Waals surface area contributed by atoms with Crippen molar-refractivity contribution < 1.29 is 14.3 Å². The molecular weight excluding hydrogens is 348 g/mol. The number of hydrogen-bond donors (Lipinski definition) is 1. The first-order chi connectivity index (χ1) is 12.3. The Morgan fingerprint density at radius 3 is 2.62 bits per heavy atom. The second-order valence-corrected chi connectivity index (χ2v) is 8.40. The molecule has 1 aliphatic rings. The number of hydrogen-bond acceptors (Lipinski definition) is 4. The standard InChI is InChI=1S/C20H24N2O3S/c1-20(2,3)25-19(24)21-12-14-4-6-15(7-5-14)18(23)22-10-8-17-16(13-22)9-11-26-17/h4-7,9,11H,8,10,12-13H2,1-3H3,(H,21,24). The third kappa shape index (κ3) is 4.64. The van der Waals surface area contributed by atoms with Crippen molar-refractivity contribution in [3.63, 3.8) is 0 Å². The van der Waals surface area contributed by atoms with E-state index < -0.39 is 11.7 Å². The van der Waals surface area contributed by atoms with E-state index in [0.717, 1.165) is 18.5 Å². The van der Waals surface area contributed by atoms with Crippen molar-refractivity contribution in [1.29, 1.82) is 0 Å². The van der Waals surface area contributed by atoms with Crippen molar-refractivity contribution >= 4 is 23.3 Å². The lowest BCUT2D eigenvalue weighted by Crippen LogP contribution is -2.35. The van der Waals surface area contributed by atoms with Gasteiger partial charge in [-0.1, -0.05) is 12.1 Å². The van der Waals surface area contributed by atoms with E-state index in [9.17, 15) is 9.59 Å². The van der Waals surface area contributed by atoms with Gasteiger partial charge in [-0.15, -0.1) is 11.3 Å². The number of amides is 2. The van der Waals surface area contributed by atoms with E-state index >= 15 is 0 Å². The van der Waals surface area contributed by atoms with Gasteiger partial charge in [0.15, 0.2) is 0 Å². The predicted octanol–water partition coefficient (Wildman–Crippen LogP) is 3.97. The van der Waals surface area contributed by atoms with E-state index in [4.69, 9.17) is 4.74 Å². The number of ether oxygens (including phenoxy) is 1. The largest absolute Gasteiger partial charge is 0.444 e. The molecule has 0 bridgehead atoms. The van der Waals surface area contributed by atoms with Crippen LogP contribution < -0.4 is 5.32 Å². The molecule has 2 heterocycles. The van der Waals surface area contributed by atoms with Crippen LogP contribution in [0.2, 0.25) is 0 Å². The number of benzene rings is 1. The lowest BCUT2D eigenvalue weighted by Gasteiger charge is -2.27. The molecule has 0 saturated heterocycles. The Labute approximate surface area is 158 Å². The molecule has 1 aliphatic heterocycles. The molecule has 1 aromatic heterocycles. The zero-order valence-corrected chi connectivity index (χ0v) is 16.2. The fourth-order valence-corrected chi connectivity index (χ4v) is 3.75. The zero-order chi connectivity index (χ0) is 18.7. The second-order valence-electron chi connectivity index (χ2n) is 7.40. The number of carbonyl (C=O) groups is 2. The first kappa shape index (κ1) is 18.5. The van der Waals surface area contributed by atoms with E-state index in [1.807, 2.05) is 49.9 Å². The van der Waals surface area contributed by atoms with E-state index in [1.54, 1.807) is 11.3 Å². The van der Waals surface area contributed by atoms with Gasteiger partial charge in [0.05, 0.1) is 0 Å². The van der Waals surface area contributed by atoms with Crippen molar-refractivity contribution in [2.45, 2.75) is 45.9 Å². The van der Waals surface area contributed by atoms with E-state index in [-0.39, 0.29) is 5.91 Å². The van der Waals surface area contributed by atoms with Gasteiger partial charge in [0.2, 0.25) is 0 Å². The molecule has 26 heavy (non-hydrogen) atoms. The molecule has 0 aliphatic carbocycles. The van der Waals surface area contributed by atoms with Gasteiger partial charge in [0.1, 0.15) is 5.60 Å². The molecular formula is C20H24N2O3S. The Balaban J connectivity index is 1.56. The molecule has 1 N–H and O–H groups in total. The summed E-state index contributed by atoms with van der Waals surface area (Å²) in [5.41, 5.74) is 2.33. The summed E-state index contributed by atoms with van der Waals surface area (Å²) in [6.45, 7) is 7.28. The second kappa shape index (κ2) is 7.50. The number of nitrogens with zero attached hydrogens (tertiary/aromatic N) is 1. The molecule has 1 aromatic carbocycles. The SMILES string of the molecule is CC(C)(C)OC(=O)NCc1ccc(C(=O)N2CCc3sccc3C2)cc1. The van der Waals surface area contributed by atoms with Crippen molar-refractivity contribution in [3.8, 4) is 0 Å². The normalized spacial score (nSPS) is 13.9. The minimum absolute atomic E-state index is 0.0495. The van der Waals surface area contributed by atoms with Crippen LogP contribution >= 0.6 is 11.3 Å². The Hall–Kier alpha value is -2.34. The summed E-state index contributed by atoms with van der Waals surface area (Å²) in [7, 11) is 0. The summed E-state index contributed by atoms with van der Waals surface area (Å²) in [5.74, 6) is 0.0495. The summed E-state index contributed by atoms with van der Waals surface area (Å²) in [6, 6.07) is 9.47. The van der Waals surface area contributed by atoms with Crippen LogP contribution in [0.3, 0.4) is 0 Å². The van der Waals surface area contributed by atoms with Crippen molar-refractivity contribution in [2.24, 2.45) is 0 Å². The highest BCUT2D eigenvalue weighted by molar-refractivity contribution is 7.10. The van der Waals surface area contributed by atoms with Crippen LogP contribution in [0, 0.1) is 0 Å². The number of fused-ring (bicyclic) bond motifs is 1. The van der Waals surface area contributed by atoms with Crippen LogP contribution in [0.15, 0.2) is 35.7 Å². The predicted molar refractivity (Wildman–Crippen MR) is 102 cm³/mol. The lowest BCUT2D eigenvalue weighted by molar-refractivity contribution is 0.0523. The molecule has 0 radical (unpaired) electrons. The maximum atomic E-state index is 12.7. The molecule has 0 spiro atoms. The summed E-state index contributed by atoms with van der Waals surface area (Å²) in [5, 5.41) is 4.81. The van der Waals surface area contributed by atoms with Gasteiger partial charge in [0, 0.05) is 30.1 Å². The highest BCUT2D eigenvalue weighted by Crippen LogP contribution is 2.25. The molecule has 0 unspecified atom stereocenters. The Kier molecular flexibility index (Phi) is 5.32. The van der Waals surface area contributed by atoms with Crippen molar-refractivity contribution in [1.82, 2.24) is 10.2 Å². The molecule has 2 aromatic rings. The van der Waals surface area contributed by atoms with Crippen molar-refractivity contribution in [3.05, 3.63) is 57.3 Å². The Morgan fingerprint density at radius 2 is 1.92 bits per heavy atom. The number of rotatable bonds is 3. The summed E-state index contributed by atoms with van der Waals surface area (Å²) < 4.78 is 5.21. The summed E-state index contributed by atoms with van der Waals surface area (Å²) in [4.78, 5) is 27.7. The highest BCUT2D eigenvalue weighted by Gasteiger charge is 2.22. The van der Waals surface area contributed by atoms with Crippen LogP contribution in [0.4, 0.5) is 4.79 Å². The average Bonchev–Trinajstić information content (AvgIpc) is 3.06. The Bertz CT molecular complexity index is 790. The average molecular weight is 372 g/mol. The van der Waals surface area contributed by atoms with Crippen LogP contribution in [0.1, 0.15) is 47.1 Å². The molecule has 6 heteroatoms. The van der Waals surface area contributed by atoms with E-state index in [0.29, 0.717) is 18.7 Å². The highest BCUT2D eigenvalue weighted by atomic mass is 32.1. The van der Waals surface area contributed by atoms with Crippen LogP contribution in [0.5, 0.6) is 0 Å². The molecule has 0 saturated carbocycles. The van der Waals surface area contributed by atoms with Gasteiger partial charge in [-0.05, 0) is 61.9 Å². The number of nitrogens with one attached hydrogen (secondary N) is 1. The number of alkyl carbamates (subject to hydrolysis) is 1. The van der Waals surface area contributed by atoms with Gasteiger partial charge >= 0.3 is 6.09 Å². The molecule has 3 rings (SSSR count). The molecule has 5 nitrogen and oxygen atoms in total. The minimum Gasteiger partial charge on any atom is -0.444 e. The lowest BCUT2D eigenvalue weighted by atomic mass is 10.1. The van der Waals surface area contributed by atoms with E-state index in [1.165, 1.54) is 10.4 Å². The van der Waals surface area contributed by atoms with Crippen molar-refractivity contribution in [2.75, 3.05) is 6.54 Å². The maximum Gasteiger partial charge on any atom is 0.407 e. The number of carbonyl (C=O) groups excluding carboxylic acids is 2. The maximum absolute atomic E-state index is 12.7. The van der Waals surface area contributed by atoms with Gasteiger partial charge in [0.25, 0.3) is 5.91 Å². The third-order valence-electron chi connectivity index (χ3n) is 4.13. The smallest absolute Gasteiger partial charge is 0.407 e. The van der Waals surface area contributed by atoms with Crippen LogP contribution in [-0.2, 0) is 24.2 Å². The minimum atomic E-state index is -0.517. The van der Waals surface area contributed by atoms with Gasteiger partial charge in [-0.2, -0.15) is 0 Å². The summed E-state index contributed by atoms with van der Waals surface area (Å²) in [6.07, 6.45) is 0.480. The third-order valence-corrected chi connectivity index (χ3v) is 5.15. The number of thiophene rings is 1. The topological polar surface area (TPSA) is 58.6 Å².